The Balaban J connectivity index is 2.26. The molecule has 3 heteroatoms. The highest BCUT2D eigenvalue weighted by Gasteiger charge is 2.28. The van der Waals surface area contributed by atoms with Crippen LogP contribution in [0.2, 0.25) is 0 Å². The second-order valence-corrected chi connectivity index (χ2v) is 4.62. The molecule has 0 aromatic rings. The van der Waals surface area contributed by atoms with Crippen molar-refractivity contribution in [1.29, 1.82) is 0 Å². The summed E-state index contributed by atoms with van der Waals surface area (Å²) in [5.74, 6) is 0.457. The molecule has 0 heterocycles. The zero-order valence-corrected chi connectivity index (χ0v) is 9.43. The van der Waals surface area contributed by atoms with Crippen LogP contribution in [0, 0.1) is 5.92 Å². The van der Waals surface area contributed by atoms with Gasteiger partial charge < -0.3 is 10.1 Å². The average molecular weight is 199 g/mol. The largest absolute Gasteiger partial charge is 0.464 e. The van der Waals surface area contributed by atoms with Crippen LogP contribution in [0.3, 0.4) is 0 Å². The Hall–Kier alpha value is -0.570. The van der Waals surface area contributed by atoms with E-state index >= 15 is 0 Å². The molecule has 82 valence electrons. The van der Waals surface area contributed by atoms with E-state index in [1.807, 2.05) is 13.8 Å². The Kier molecular flexibility index (Phi) is 3.93. The Morgan fingerprint density at radius 3 is 2.50 bits per heavy atom. The highest BCUT2D eigenvalue weighted by Crippen LogP contribution is 2.25. The highest BCUT2D eigenvalue weighted by atomic mass is 16.5. The van der Waals surface area contributed by atoms with Crippen LogP contribution in [0.25, 0.3) is 0 Å². The van der Waals surface area contributed by atoms with Crippen LogP contribution in [0.5, 0.6) is 0 Å². The summed E-state index contributed by atoms with van der Waals surface area (Å²) in [5, 5.41) is 2.94. The molecule has 0 spiro atoms. The second kappa shape index (κ2) is 4.78. The first-order valence-electron chi connectivity index (χ1n) is 5.42. The number of hydrogen-bond acceptors (Lipinski definition) is 3. The molecule has 0 aromatic carbocycles. The lowest BCUT2D eigenvalue weighted by Gasteiger charge is -2.22. The summed E-state index contributed by atoms with van der Waals surface area (Å²) in [7, 11) is 1.77. The maximum absolute atomic E-state index is 11.6. The number of nitrogens with one attached hydrogen (secondary N) is 1. The lowest BCUT2D eigenvalue weighted by molar-refractivity contribution is -0.151. The molecule has 1 fully saturated rings. The standard InChI is InChI=1S/C11H21NO2/c1-11(2,12-3)10(13)14-8-9-6-4-5-7-9/h9,12H,4-8H2,1-3H3. The lowest BCUT2D eigenvalue weighted by atomic mass is 10.1. The van der Waals surface area contributed by atoms with E-state index < -0.39 is 5.54 Å². The van der Waals surface area contributed by atoms with E-state index in [-0.39, 0.29) is 5.97 Å². The minimum Gasteiger partial charge on any atom is -0.464 e. The van der Waals surface area contributed by atoms with Crippen molar-refractivity contribution in [2.75, 3.05) is 13.7 Å². The first-order valence-corrected chi connectivity index (χ1v) is 5.42. The van der Waals surface area contributed by atoms with Gasteiger partial charge in [-0.15, -0.1) is 0 Å². The molecular weight excluding hydrogens is 178 g/mol. The molecule has 0 aliphatic heterocycles. The van der Waals surface area contributed by atoms with Crippen molar-refractivity contribution in [3.63, 3.8) is 0 Å². The van der Waals surface area contributed by atoms with Crippen LogP contribution < -0.4 is 5.32 Å². The van der Waals surface area contributed by atoms with Crippen LogP contribution >= 0.6 is 0 Å². The Morgan fingerprint density at radius 1 is 1.43 bits per heavy atom. The molecule has 0 amide bonds. The molecule has 0 aromatic heterocycles. The molecule has 1 saturated carbocycles. The van der Waals surface area contributed by atoms with Gasteiger partial charge in [-0.05, 0) is 39.7 Å². The average Bonchev–Trinajstić information content (AvgIpc) is 2.66. The molecule has 1 aliphatic rings. The van der Waals surface area contributed by atoms with Gasteiger partial charge in [0.15, 0.2) is 0 Å². The van der Waals surface area contributed by atoms with E-state index in [2.05, 4.69) is 5.32 Å². The lowest BCUT2D eigenvalue weighted by Crippen LogP contribution is -2.46. The van der Waals surface area contributed by atoms with Crippen molar-refractivity contribution in [2.45, 2.75) is 45.1 Å². The van der Waals surface area contributed by atoms with Crippen LogP contribution in [-0.4, -0.2) is 25.2 Å². The van der Waals surface area contributed by atoms with E-state index in [9.17, 15) is 4.79 Å². The van der Waals surface area contributed by atoms with Crippen molar-refractivity contribution < 1.29 is 9.53 Å². The van der Waals surface area contributed by atoms with Crippen molar-refractivity contribution in [1.82, 2.24) is 5.32 Å². The molecule has 14 heavy (non-hydrogen) atoms. The number of hydrogen-bond donors (Lipinski definition) is 1. The van der Waals surface area contributed by atoms with Gasteiger partial charge >= 0.3 is 5.97 Å². The van der Waals surface area contributed by atoms with Crippen LogP contribution in [0.4, 0.5) is 0 Å². The summed E-state index contributed by atoms with van der Waals surface area (Å²) in [6.07, 6.45) is 5.01. The van der Waals surface area contributed by atoms with Gasteiger partial charge in [-0.2, -0.15) is 0 Å². The maximum Gasteiger partial charge on any atom is 0.325 e. The highest BCUT2D eigenvalue weighted by molar-refractivity contribution is 5.79. The van der Waals surface area contributed by atoms with Crippen molar-refractivity contribution in [2.24, 2.45) is 5.92 Å². The summed E-state index contributed by atoms with van der Waals surface area (Å²) in [4.78, 5) is 11.6. The van der Waals surface area contributed by atoms with E-state index in [1.54, 1.807) is 7.05 Å². The van der Waals surface area contributed by atoms with Crippen molar-refractivity contribution >= 4 is 5.97 Å². The number of carbonyl (C=O) groups excluding carboxylic acids is 1. The quantitative estimate of drug-likeness (QED) is 0.701. The smallest absolute Gasteiger partial charge is 0.325 e. The van der Waals surface area contributed by atoms with Crippen molar-refractivity contribution in [3.05, 3.63) is 0 Å². The third kappa shape index (κ3) is 2.98. The number of rotatable bonds is 4. The summed E-state index contributed by atoms with van der Waals surface area (Å²) in [6, 6.07) is 0. The van der Waals surface area contributed by atoms with Gasteiger partial charge in [0, 0.05) is 0 Å². The molecule has 3 nitrogen and oxygen atoms in total. The van der Waals surface area contributed by atoms with Gasteiger partial charge in [0.2, 0.25) is 0 Å². The first-order chi connectivity index (χ1) is 6.56. The predicted octanol–water partition coefficient (Wildman–Crippen LogP) is 1.72. The third-order valence-corrected chi connectivity index (χ3v) is 3.06. The zero-order chi connectivity index (χ0) is 10.6. The predicted molar refractivity (Wildman–Crippen MR) is 56.1 cm³/mol. The van der Waals surface area contributed by atoms with Gasteiger partial charge in [-0.25, -0.2) is 0 Å². The van der Waals surface area contributed by atoms with E-state index in [1.165, 1.54) is 25.7 Å². The molecule has 1 rings (SSSR count). The van der Waals surface area contributed by atoms with Crippen LogP contribution in [0.1, 0.15) is 39.5 Å². The van der Waals surface area contributed by atoms with Crippen LogP contribution in [0.15, 0.2) is 0 Å². The molecular formula is C11H21NO2. The number of esters is 1. The third-order valence-electron chi connectivity index (χ3n) is 3.06. The van der Waals surface area contributed by atoms with Gasteiger partial charge in [0.1, 0.15) is 5.54 Å². The van der Waals surface area contributed by atoms with E-state index in [0.29, 0.717) is 12.5 Å². The van der Waals surface area contributed by atoms with Gasteiger partial charge in [0.25, 0.3) is 0 Å². The van der Waals surface area contributed by atoms with E-state index in [4.69, 9.17) is 4.74 Å². The Morgan fingerprint density at radius 2 is 2.00 bits per heavy atom. The molecule has 0 radical (unpaired) electrons. The second-order valence-electron chi connectivity index (χ2n) is 4.62. The number of likely N-dealkylation sites (N-methyl/N-ethyl adjacent to an activating group) is 1. The van der Waals surface area contributed by atoms with Crippen molar-refractivity contribution in [3.8, 4) is 0 Å². The van der Waals surface area contributed by atoms with E-state index in [0.717, 1.165) is 0 Å². The molecule has 0 unspecified atom stereocenters. The SMILES string of the molecule is CNC(C)(C)C(=O)OCC1CCCC1. The fraction of sp³-hybridized carbons (Fsp3) is 0.909. The zero-order valence-electron chi connectivity index (χ0n) is 9.43. The minimum atomic E-state index is -0.557. The number of ether oxygens (including phenoxy) is 1. The first kappa shape index (κ1) is 11.5. The van der Waals surface area contributed by atoms with Gasteiger partial charge in [0.05, 0.1) is 6.61 Å². The van der Waals surface area contributed by atoms with Gasteiger partial charge in [-0.1, -0.05) is 12.8 Å². The summed E-state index contributed by atoms with van der Waals surface area (Å²) in [6.45, 7) is 4.28. The fourth-order valence-corrected chi connectivity index (χ4v) is 1.65. The summed E-state index contributed by atoms with van der Waals surface area (Å²) in [5.41, 5.74) is -0.557. The monoisotopic (exact) mass is 199 g/mol. The summed E-state index contributed by atoms with van der Waals surface area (Å²) >= 11 is 0. The molecule has 0 bridgehead atoms. The maximum atomic E-state index is 11.6. The Bertz CT molecular complexity index is 195. The fourth-order valence-electron chi connectivity index (χ4n) is 1.65. The molecule has 0 saturated heterocycles. The van der Waals surface area contributed by atoms with Crippen LogP contribution in [-0.2, 0) is 9.53 Å². The molecule has 0 atom stereocenters. The molecule has 1 N–H and O–H groups in total. The summed E-state index contributed by atoms with van der Waals surface area (Å²) < 4.78 is 5.28. The Labute approximate surface area is 86.2 Å². The minimum absolute atomic E-state index is 0.146. The number of carbonyl (C=O) groups is 1. The molecule has 1 aliphatic carbocycles. The van der Waals surface area contributed by atoms with Gasteiger partial charge in [-0.3, -0.25) is 4.79 Å². The normalized spacial score (nSPS) is 18.5. The topological polar surface area (TPSA) is 38.3 Å².